The fraction of sp³-hybridized carbons (Fsp3) is 0.143. The third-order valence-electron chi connectivity index (χ3n) is 3.55. The van der Waals surface area contributed by atoms with Gasteiger partial charge in [0.15, 0.2) is 0 Å². The van der Waals surface area contributed by atoms with Crippen LogP contribution >= 0.6 is 0 Å². The largest absolute Gasteiger partial charge is 0.399 e. The fourth-order valence-corrected chi connectivity index (χ4v) is 2.01. The van der Waals surface area contributed by atoms with Crippen molar-refractivity contribution in [3.05, 3.63) is 95.6 Å². The lowest BCUT2D eigenvalue weighted by Crippen LogP contribution is -1.94. The molecule has 150 valence electrons. The molecular formula is C21H33N3O3. The van der Waals surface area contributed by atoms with Crippen LogP contribution in [0.1, 0.15) is 21.0 Å². The van der Waals surface area contributed by atoms with E-state index in [1.807, 2.05) is 73.1 Å². The Balaban J connectivity index is -0.000000349. The molecule has 0 aliphatic rings. The molecule has 0 saturated carbocycles. The van der Waals surface area contributed by atoms with Crippen molar-refractivity contribution < 1.29 is 19.6 Å². The minimum absolute atomic E-state index is 0. The highest BCUT2D eigenvalue weighted by Crippen LogP contribution is 2.15. The van der Waals surface area contributed by atoms with Gasteiger partial charge in [0.05, 0.1) is 5.69 Å². The van der Waals surface area contributed by atoms with Crippen LogP contribution in [0.2, 0.25) is 0 Å². The molecule has 0 unspecified atom stereocenters. The van der Waals surface area contributed by atoms with Crippen molar-refractivity contribution >= 4 is 11.4 Å². The van der Waals surface area contributed by atoms with E-state index >= 15 is 0 Å². The van der Waals surface area contributed by atoms with Gasteiger partial charge in [0.25, 0.3) is 0 Å². The first-order valence-electron chi connectivity index (χ1n) is 8.41. The molecule has 6 nitrogen and oxygen atoms in total. The maximum absolute atomic E-state index is 8.46. The molecule has 0 fully saturated rings. The van der Waals surface area contributed by atoms with Gasteiger partial charge >= 0.3 is 0 Å². The number of hydrogen-bond donors (Lipinski definition) is 5. The molecule has 0 aromatic heterocycles. The minimum atomic E-state index is 0. The summed E-state index contributed by atoms with van der Waals surface area (Å²) in [6, 6.07) is 24.7. The van der Waals surface area contributed by atoms with Crippen LogP contribution in [-0.2, 0) is 18.0 Å². The van der Waals surface area contributed by atoms with E-state index in [0.29, 0.717) is 12.2 Å². The third kappa shape index (κ3) is 9.39. The van der Waals surface area contributed by atoms with E-state index in [0.717, 1.165) is 16.8 Å². The van der Waals surface area contributed by atoms with Crippen LogP contribution < -0.4 is 16.9 Å². The molecule has 27 heavy (non-hydrogen) atoms. The fourth-order valence-electron chi connectivity index (χ4n) is 2.01. The van der Waals surface area contributed by atoms with Crippen LogP contribution in [0.4, 0.5) is 11.4 Å². The third-order valence-corrected chi connectivity index (χ3v) is 3.55. The molecule has 0 aliphatic carbocycles. The summed E-state index contributed by atoms with van der Waals surface area (Å²) in [5.74, 6) is 0. The lowest BCUT2D eigenvalue weighted by atomic mass is 10.2. The van der Waals surface area contributed by atoms with Crippen molar-refractivity contribution in [3.8, 4) is 0 Å². The van der Waals surface area contributed by atoms with Gasteiger partial charge in [-0.15, -0.1) is 0 Å². The van der Waals surface area contributed by atoms with Crippen LogP contribution in [0.15, 0.2) is 78.9 Å². The average molecular weight is 376 g/mol. The summed E-state index contributed by atoms with van der Waals surface area (Å²) in [6.07, 6.45) is 0. The Kier molecular flexibility index (Phi) is 10.9. The van der Waals surface area contributed by atoms with Gasteiger partial charge < -0.3 is 11.5 Å². The summed E-state index contributed by atoms with van der Waals surface area (Å²) < 4.78 is 0. The molecule has 6 heteroatoms. The van der Waals surface area contributed by atoms with E-state index in [9.17, 15) is 0 Å². The second kappa shape index (κ2) is 13.3. The predicted molar refractivity (Wildman–Crippen MR) is 116 cm³/mol. The summed E-state index contributed by atoms with van der Waals surface area (Å²) in [4.78, 5) is 3.93. The summed E-state index contributed by atoms with van der Waals surface area (Å²) in [5.41, 5.74) is 17.4. The molecule has 0 heterocycles. The lowest BCUT2D eigenvalue weighted by molar-refractivity contribution is -0.253. The Bertz CT molecular complexity index is 767. The first-order chi connectivity index (χ1) is 13.1. The van der Waals surface area contributed by atoms with Crippen LogP contribution in [0, 0.1) is 6.92 Å². The van der Waals surface area contributed by atoms with Crippen molar-refractivity contribution in [2.45, 2.75) is 20.1 Å². The topological polar surface area (TPSA) is 114 Å². The first kappa shape index (κ1) is 22.1. The molecule has 0 radical (unpaired) electrons. The van der Waals surface area contributed by atoms with Crippen LogP contribution in [0.5, 0.6) is 0 Å². The molecule has 3 aromatic rings. The van der Waals surface area contributed by atoms with Crippen LogP contribution in [-0.4, -0.2) is 10.5 Å². The van der Waals surface area contributed by atoms with Crippen molar-refractivity contribution in [3.63, 3.8) is 0 Å². The van der Waals surface area contributed by atoms with Gasteiger partial charge in [-0.3, -0.25) is 15.9 Å². The van der Waals surface area contributed by atoms with Crippen molar-refractivity contribution in [2.24, 2.45) is 5.73 Å². The van der Waals surface area contributed by atoms with E-state index < -0.39 is 0 Å². The number of nitrogen functional groups attached to an aromatic ring is 1. The standard InChI is InChI=1S/C7H10N2O.C7H9N.C7H8O2.3H2/c1-5-4-6(9-10)2-3-7(5)8;8-6-7-4-2-1-3-5-7;8-9-6-7-4-2-1-3-5-7;;;/h2-4,9-10H,8H2,1H3;1-5H,6,8H2;1-5,8H,6H2;3*1H. The predicted octanol–water partition coefficient (Wildman–Crippen LogP) is 4.94. The number of benzene rings is 3. The zero-order chi connectivity index (χ0) is 19.9. The molecule has 0 saturated heterocycles. The zero-order valence-electron chi connectivity index (χ0n) is 15.4. The number of nitrogens with one attached hydrogen (secondary N) is 1. The summed E-state index contributed by atoms with van der Waals surface area (Å²) in [6.45, 7) is 2.79. The van der Waals surface area contributed by atoms with Gasteiger partial charge in [0, 0.05) is 16.5 Å². The van der Waals surface area contributed by atoms with Gasteiger partial charge in [0.2, 0.25) is 0 Å². The number of aryl methyl sites for hydroxylation is 1. The maximum Gasteiger partial charge on any atom is 0.107 e. The number of anilines is 2. The second-order valence-electron chi connectivity index (χ2n) is 5.63. The molecule has 0 atom stereocenters. The molecule has 3 aromatic carbocycles. The number of hydrogen-bond acceptors (Lipinski definition) is 6. The smallest absolute Gasteiger partial charge is 0.107 e. The van der Waals surface area contributed by atoms with E-state index in [4.69, 9.17) is 21.9 Å². The van der Waals surface area contributed by atoms with Crippen molar-refractivity contribution in [1.29, 1.82) is 0 Å². The summed E-state index contributed by atoms with van der Waals surface area (Å²) in [5, 5.41) is 16.5. The molecule has 0 spiro atoms. The highest BCUT2D eigenvalue weighted by atomic mass is 17.1. The van der Waals surface area contributed by atoms with Crippen LogP contribution in [0.25, 0.3) is 0 Å². The lowest BCUT2D eigenvalue weighted by Gasteiger charge is -2.01. The highest BCUT2D eigenvalue weighted by Gasteiger charge is 1.93. The second-order valence-corrected chi connectivity index (χ2v) is 5.63. The molecule has 0 amide bonds. The maximum atomic E-state index is 8.46. The monoisotopic (exact) mass is 375 g/mol. The zero-order valence-corrected chi connectivity index (χ0v) is 15.4. The van der Waals surface area contributed by atoms with Gasteiger partial charge in [-0.05, 0) is 41.8 Å². The van der Waals surface area contributed by atoms with E-state index in [2.05, 4.69) is 4.89 Å². The highest BCUT2D eigenvalue weighted by molar-refractivity contribution is 5.55. The Labute approximate surface area is 164 Å². The van der Waals surface area contributed by atoms with Gasteiger partial charge in [0.1, 0.15) is 6.61 Å². The quantitative estimate of drug-likeness (QED) is 0.251. The normalized spacial score (nSPS) is 9.33. The molecule has 0 bridgehead atoms. The minimum Gasteiger partial charge on any atom is -0.399 e. The first-order valence-corrected chi connectivity index (χ1v) is 8.41. The van der Waals surface area contributed by atoms with Gasteiger partial charge in [-0.25, -0.2) is 4.89 Å². The van der Waals surface area contributed by atoms with Crippen molar-refractivity contribution in [2.75, 3.05) is 11.2 Å². The Morgan fingerprint density at radius 2 is 1.48 bits per heavy atom. The molecule has 3 rings (SSSR count). The number of rotatable bonds is 4. The molecule has 0 aliphatic heterocycles. The average Bonchev–Trinajstić information content (AvgIpc) is 2.73. The Morgan fingerprint density at radius 1 is 0.926 bits per heavy atom. The van der Waals surface area contributed by atoms with Gasteiger partial charge in [-0.1, -0.05) is 60.7 Å². The van der Waals surface area contributed by atoms with Gasteiger partial charge in [-0.2, -0.15) is 0 Å². The number of nitrogens with two attached hydrogens (primary N) is 2. The molecule has 7 N–H and O–H groups in total. The van der Waals surface area contributed by atoms with Crippen molar-refractivity contribution in [1.82, 2.24) is 0 Å². The SMILES string of the molecule is Cc1cc(NO)ccc1N.NCc1ccccc1.OOCc1ccccc1.[HH].[HH].[HH]. The van der Waals surface area contributed by atoms with E-state index in [-0.39, 0.29) is 10.9 Å². The summed E-state index contributed by atoms with van der Waals surface area (Å²) in [7, 11) is 0. The van der Waals surface area contributed by atoms with Crippen LogP contribution in [0.3, 0.4) is 0 Å². The molecular weight excluding hydrogens is 342 g/mol. The van der Waals surface area contributed by atoms with E-state index in [1.54, 1.807) is 18.2 Å². The Morgan fingerprint density at radius 3 is 1.89 bits per heavy atom. The van der Waals surface area contributed by atoms with E-state index in [1.165, 1.54) is 5.56 Å². The Hall–Kier alpha value is -2.90. The summed E-state index contributed by atoms with van der Waals surface area (Å²) >= 11 is 0.